The molecule has 0 spiro atoms. The molecule has 0 fully saturated rings. The lowest BCUT2D eigenvalue weighted by atomic mass is 9.82. The molecule has 0 bridgehead atoms. The second-order valence-electron chi connectivity index (χ2n) is 8.30. The Labute approximate surface area is 220 Å². The normalized spacial score (nSPS) is 13.2. The molecule has 0 aliphatic rings. The summed E-state index contributed by atoms with van der Waals surface area (Å²) in [5.74, 6) is -1.10. The smallest absolute Gasteiger partial charge is 0.155 e. The lowest BCUT2D eigenvalue weighted by Gasteiger charge is -2.20. The molecule has 0 saturated carbocycles. The van der Waals surface area contributed by atoms with E-state index < -0.39 is 11.8 Å². The first-order valence-corrected chi connectivity index (χ1v) is 12.1. The zero-order valence-corrected chi connectivity index (χ0v) is 20.8. The predicted octanol–water partition coefficient (Wildman–Crippen LogP) is 8.27. The van der Waals surface area contributed by atoms with Crippen LogP contribution in [-0.4, -0.2) is 16.0 Å². The second-order valence-corrected chi connectivity index (χ2v) is 9.12. The van der Waals surface area contributed by atoms with Gasteiger partial charge in [-0.1, -0.05) is 108 Å². The number of carbonyl (C=O) groups is 1. The zero-order valence-electron chi connectivity index (χ0n) is 19.3. The Morgan fingerprint density at radius 1 is 0.583 bits per heavy atom. The first-order chi connectivity index (χ1) is 17.4. The van der Waals surface area contributed by atoms with Gasteiger partial charge < -0.3 is 10.2 Å². The van der Waals surface area contributed by atoms with Gasteiger partial charge in [0.15, 0.2) is 5.78 Å². The van der Waals surface area contributed by atoms with Crippen molar-refractivity contribution in [1.82, 2.24) is 0 Å². The zero-order chi connectivity index (χ0) is 25.5. The monoisotopic (exact) mass is 514 g/mol. The van der Waals surface area contributed by atoms with Crippen LogP contribution >= 0.6 is 23.2 Å². The van der Waals surface area contributed by atoms with Crippen LogP contribution in [0.4, 0.5) is 0 Å². The van der Waals surface area contributed by atoms with Gasteiger partial charge in [0, 0.05) is 10.0 Å². The number of phenolic OH excluding ortho intramolecular Hbond substituents is 2. The molecule has 0 aromatic heterocycles. The van der Waals surface area contributed by atoms with E-state index in [1.54, 1.807) is 60.7 Å². The van der Waals surface area contributed by atoms with E-state index in [0.29, 0.717) is 10.0 Å². The SMILES string of the molecule is O=C(C(/C=C/c1ccccc1Cl)c1ccc(O)cc1)C(/C=C/c1ccccc1Cl)c1ccc(O)cc1. The van der Waals surface area contributed by atoms with Crippen molar-refractivity contribution in [3.8, 4) is 11.5 Å². The summed E-state index contributed by atoms with van der Waals surface area (Å²) < 4.78 is 0. The number of Topliss-reactive ketones (excluding diaryl/α,β-unsaturated/α-hetero) is 1. The fourth-order valence-electron chi connectivity index (χ4n) is 3.92. The fourth-order valence-corrected chi connectivity index (χ4v) is 4.31. The van der Waals surface area contributed by atoms with Crippen LogP contribution in [0, 0.1) is 0 Å². The Morgan fingerprint density at radius 3 is 1.31 bits per heavy atom. The van der Waals surface area contributed by atoms with Crippen molar-refractivity contribution in [2.75, 3.05) is 0 Å². The summed E-state index contributed by atoms with van der Waals surface area (Å²) in [6.45, 7) is 0. The molecule has 0 heterocycles. The van der Waals surface area contributed by atoms with Gasteiger partial charge >= 0.3 is 0 Å². The number of benzene rings is 4. The van der Waals surface area contributed by atoms with Gasteiger partial charge in [0.25, 0.3) is 0 Å². The van der Waals surface area contributed by atoms with Crippen molar-refractivity contribution in [1.29, 1.82) is 0 Å². The summed E-state index contributed by atoms with van der Waals surface area (Å²) in [5, 5.41) is 20.8. The van der Waals surface area contributed by atoms with Gasteiger partial charge in [-0.25, -0.2) is 0 Å². The molecule has 0 aliphatic carbocycles. The molecule has 4 aromatic rings. The highest BCUT2D eigenvalue weighted by Crippen LogP contribution is 2.32. The van der Waals surface area contributed by atoms with Crippen LogP contribution in [0.3, 0.4) is 0 Å². The molecule has 4 aromatic carbocycles. The van der Waals surface area contributed by atoms with E-state index in [4.69, 9.17) is 23.2 Å². The first kappa shape index (κ1) is 25.3. The second kappa shape index (κ2) is 11.8. The molecular formula is C31H24Cl2O3. The van der Waals surface area contributed by atoms with Crippen molar-refractivity contribution in [3.05, 3.63) is 142 Å². The van der Waals surface area contributed by atoms with E-state index in [9.17, 15) is 15.0 Å². The standard InChI is InChI=1S/C31H24Cl2O3/c32-29-7-3-1-5-23(29)13-19-27(21-9-15-25(34)16-10-21)31(36)28(22-11-17-26(35)18-12-22)20-14-24-6-2-4-8-30(24)33/h1-20,27-28,34-35H/b19-13+,20-14+. The summed E-state index contributed by atoms with van der Waals surface area (Å²) in [4.78, 5) is 14.1. The molecule has 2 unspecified atom stereocenters. The van der Waals surface area contributed by atoms with E-state index >= 15 is 0 Å². The number of phenols is 2. The van der Waals surface area contributed by atoms with Gasteiger partial charge in [0.2, 0.25) is 0 Å². The Hall–Kier alpha value is -3.79. The number of aromatic hydroxyl groups is 2. The largest absolute Gasteiger partial charge is 0.508 e. The summed E-state index contributed by atoms with van der Waals surface area (Å²) in [6, 6.07) is 28.0. The molecule has 0 saturated heterocycles. The molecular weight excluding hydrogens is 491 g/mol. The van der Waals surface area contributed by atoms with Gasteiger partial charge in [0.1, 0.15) is 11.5 Å². The topological polar surface area (TPSA) is 57.5 Å². The average Bonchev–Trinajstić information content (AvgIpc) is 2.88. The number of hydrogen-bond acceptors (Lipinski definition) is 3. The number of ketones is 1. The maximum Gasteiger partial charge on any atom is 0.155 e. The van der Waals surface area contributed by atoms with E-state index in [1.165, 1.54) is 0 Å². The van der Waals surface area contributed by atoms with E-state index in [0.717, 1.165) is 22.3 Å². The van der Waals surface area contributed by atoms with Gasteiger partial charge in [0.05, 0.1) is 11.8 Å². The van der Waals surface area contributed by atoms with Crippen LogP contribution < -0.4 is 0 Å². The van der Waals surface area contributed by atoms with Gasteiger partial charge in [-0.05, 0) is 58.7 Å². The van der Waals surface area contributed by atoms with Crippen molar-refractivity contribution in [3.63, 3.8) is 0 Å². The highest BCUT2D eigenvalue weighted by molar-refractivity contribution is 6.32. The Morgan fingerprint density at radius 2 is 0.944 bits per heavy atom. The Kier molecular flexibility index (Phi) is 8.27. The molecule has 36 heavy (non-hydrogen) atoms. The Balaban J connectivity index is 1.78. The first-order valence-electron chi connectivity index (χ1n) is 11.4. The minimum atomic E-state index is -0.628. The molecule has 0 aliphatic heterocycles. The maximum atomic E-state index is 14.1. The van der Waals surface area contributed by atoms with Gasteiger partial charge in [-0.15, -0.1) is 0 Å². The number of halogens is 2. The van der Waals surface area contributed by atoms with Crippen molar-refractivity contribution < 1.29 is 15.0 Å². The molecule has 180 valence electrons. The number of rotatable bonds is 8. The van der Waals surface area contributed by atoms with Crippen LogP contribution in [0.15, 0.2) is 109 Å². The predicted molar refractivity (Wildman–Crippen MR) is 148 cm³/mol. The molecule has 2 atom stereocenters. The third-order valence-corrected chi connectivity index (χ3v) is 6.55. The van der Waals surface area contributed by atoms with Crippen LogP contribution in [-0.2, 0) is 4.79 Å². The molecule has 2 N–H and O–H groups in total. The van der Waals surface area contributed by atoms with Gasteiger partial charge in [-0.3, -0.25) is 4.79 Å². The average molecular weight is 515 g/mol. The molecule has 0 amide bonds. The lowest BCUT2D eigenvalue weighted by Crippen LogP contribution is -2.18. The molecule has 3 nitrogen and oxygen atoms in total. The van der Waals surface area contributed by atoms with E-state index in [1.807, 2.05) is 60.7 Å². The number of allylic oxidation sites excluding steroid dienone is 2. The quantitative estimate of drug-likeness (QED) is 0.248. The van der Waals surface area contributed by atoms with Crippen LogP contribution in [0.2, 0.25) is 10.0 Å². The highest BCUT2D eigenvalue weighted by atomic mass is 35.5. The summed E-state index contributed by atoms with van der Waals surface area (Å²) >= 11 is 12.7. The minimum Gasteiger partial charge on any atom is -0.508 e. The summed E-state index contributed by atoms with van der Waals surface area (Å²) in [7, 11) is 0. The van der Waals surface area contributed by atoms with Crippen molar-refractivity contribution in [2.24, 2.45) is 0 Å². The molecule has 4 rings (SSSR count). The molecule has 0 radical (unpaired) electrons. The lowest BCUT2D eigenvalue weighted by molar-refractivity contribution is -0.120. The van der Waals surface area contributed by atoms with E-state index in [-0.39, 0.29) is 17.3 Å². The molecule has 5 heteroatoms. The fraction of sp³-hybridized carbons (Fsp3) is 0.0645. The van der Waals surface area contributed by atoms with Crippen molar-refractivity contribution >= 4 is 41.1 Å². The minimum absolute atomic E-state index is 0.0852. The van der Waals surface area contributed by atoms with Crippen LogP contribution in [0.25, 0.3) is 12.2 Å². The van der Waals surface area contributed by atoms with Gasteiger partial charge in [-0.2, -0.15) is 0 Å². The van der Waals surface area contributed by atoms with Crippen molar-refractivity contribution in [2.45, 2.75) is 11.8 Å². The third-order valence-electron chi connectivity index (χ3n) is 5.86. The third kappa shape index (κ3) is 6.25. The maximum absolute atomic E-state index is 14.1. The summed E-state index contributed by atoms with van der Waals surface area (Å²) in [6.07, 6.45) is 7.33. The van der Waals surface area contributed by atoms with Crippen LogP contribution in [0.5, 0.6) is 11.5 Å². The highest BCUT2D eigenvalue weighted by Gasteiger charge is 2.26. The number of carbonyl (C=O) groups excluding carboxylic acids is 1. The summed E-state index contributed by atoms with van der Waals surface area (Å²) in [5.41, 5.74) is 3.05. The van der Waals surface area contributed by atoms with Crippen LogP contribution in [0.1, 0.15) is 34.1 Å². The Bertz CT molecular complexity index is 1280. The van der Waals surface area contributed by atoms with E-state index in [2.05, 4.69) is 0 Å². The number of hydrogen-bond donors (Lipinski definition) is 2.